The molecule has 9 aromatic carbocycles. The Morgan fingerprint density at radius 2 is 0.638 bits per heavy atom. The standard InChI is InChI=1S/C56H42N2/c1-6-18-44(19-7-1)56(46-36-40-53(41-37-46)58(50-26-12-4-13-27-50)51-28-14-5-15-29-51)42-47-21-17-30-54-45(20-16-31-55(47)54)35-32-43-33-38-52(39-34-43)57(48-22-8-2-9-23-48)49-24-10-3-11-25-49/h1-42H. The van der Waals surface area contributed by atoms with E-state index in [2.05, 4.69) is 265 Å². The molecular weight excluding hydrogens is 701 g/mol. The highest BCUT2D eigenvalue weighted by Crippen LogP contribution is 2.37. The van der Waals surface area contributed by atoms with Gasteiger partial charge < -0.3 is 9.80 Å². The normalized spacial score (nSPS) is 11.5. The first-order chi connectivity index (χ1) is 28.8. The summed E-state index contributed by atoms with van der Waals surface area (Å²) >= 11 is 0. The van der Waals surface area contributed by atoms with Crippen LogP contribution in [0.3, 0.4) is 0 Å². The Balaban J connectivity index is 1.04. The number of benzene rings is 9. The summed E-state index contributed by atoms with van der Waals surface area (Å²) in [6.07, 6.45) is 6.79. The highest BCUT2D eigenvalue weighted by atomic mass is 15.1. The van der Waals surface area contributed by atoms with Gasteiger partial charge in [-0.1, -0.05) is 176 Å². The van der Waals surface area contributed by atoms with Crippen LogP contribution in [0.1, 0.15) is 27.8 Å². The Morgan fingerprint density at radius 3 is 1.10 bits per heavy atom. The van der Waals surface area contributed by atoms with Crippen molar-refractivity contribution in [1.82, 2.24) is 0 Å². The van der Waals surface area contributed by atoms with Crippen LogP contribution in [0.25, 0.3) is 34.6 Å². The molecule has 9 rings (SSSR count). The SMILES string of the molecule is C(=Cc1cccc2c(C=C(c3ccccc3)c3ccc(N(c4ccccc4)c4ccccc4)cc3)cccc12)c1ccc(N(c2ccccc2)c2ccccc2)cc1. The van der Waals surface area contributed by atoms with E-state index in [-0.39, 0.29) is 0 Å². The van der Waals surface area contributed by atoms with Gasteiger partial charge in [0.1, 0.15) is 0 Å². The van der Waals surface area contributed by atoms with Crippen molar-refractivity contribution in [3.05, 3.63) is 264 Å². The van der Waals surface area contributed by atoms with E-state index in [9.17, 15) is 0 Å². The molecule has 58 heavy (non-hydrogen) atoms. The molecule has 0 saturated carbocycles. The van der Waals surface area contributed by atoms with Gasteiger partial charge in [-0.05, 0) is 123 Å². The smallest absolute Gasteiger partial charge is 0.0462 e. The molecule has 0 saturated heterocycles. The number of para-hydroxylation sites is 4. The first-order valence-corrected chi connectivity index (χ1v) is 19.8. The average Bonchev–Trinajstić information content (AvgIpc) is 3.30. The summed E-state index contributed by atoms with van der Waals surface area (Å²) in [6.45, 7) is 0. The molecule has 0 aliphatic carbocycles. The molecule has 0 fully saturated rings. The molecule has 2 nitrogen and oxygen atoms in total. The fourth-order valence-corrected chi connectivity index (χ4v) is 7.65. The maximum absolute atomic E-state index is 2.34. The van der Waals surface area contributed by atoms with Gasteiger partial charge >= 0.3 is 0 Å². The number of fused-ring (bicyclic) bond motifs is 1. The van der Waals surface area contributed by atoms with Gasteiger partial charge in [-0.3, -0.25) is 0 Å². The third-order valence-corrected chi connectivity index (χ3v) is 10.5. The molecule has 0 spiro atoms. The van der Waals surface area contributed by atoms with Crippen LogP contribution in [0.5, 0.6) is 0 Å². The highest BCUT2D eigenvalue weighted by molar-refractivity contribution is 6.02. The lowest BCUT2D eigenvalue weighted by atomic mass is 9.93. The van der Waals surface area contributed by atoms with Crippen molar-refractivity contribution < 1.29 is 0 Å². The molecule has 0 aliphatic rings. The van der Waals surface area contributed by atoms with E-state index in [0.29, 0.717) is 0 Å². The Morgan fingerprint density at radius 1 is 0.276 bits per heavy atom. The van der Waals surface area contributed by atoms with Gasteiger partial charge in [0.05, 0.1) is 0 Å². The van der Waals surface area contributed by atoms with Gasteiger partial charge in [-0.15, -0.1) is 0 Å². The first-order valence-electron chi connectivity index (χ1n) is 19.8. The number of hydrogen-bond donors (Lipinski definition) is 0. The Hall–Kier alpha value is -7.68. The van der Waals surface area contributed by atoms with Gasteiger partial charge in [0.15, 0.2) is 0 Å². The van der Waals surface area contributed by atoms with Crippen LogP contribution in [-0.4, -0.2) is 0 Å². The summed E-state index contributed by atoms with van der Waals surface area (Å²) in [4.78, 5) is 4.59. The molecule has 0 atom stereocenters. The van der Waals surface area contributed by atoms with Gasteiger partial charge in [-0.2, -0.15) is 0 Å². The maximum Gasteiger partial charge on any atom is 0.0462 e. The molecule has 0 unspecified atom stereocenters. The van der Waals surface area contributed by atoms with Crippen molar-refractivity contribution >= 4 is 68.7 Å². The second-order valence-electron chi connectivity index (χ2n) is 14.2. The zero-order valence-electron chi connectivity index (χ0n) is 32.1. The van der Waals surface area contributed by atoms with Crippen molar-refractivity contribution in [3.8, 4) is 0 Å². The summed E-state index contributed by atoms with van der Waals surface area (Å²) in [5, 5.41) is 2.43. The second kappa shape index (κ2) is 17.0. The molecule has 0 heterocycles. The zero-order chi connectivity index (χ0) is 38.9. The number of hydrogen-bond acceptors (Lipinski definition) is 2. The lowest BCUT2D eigenvalue weighted by Gasteiger charge is -2.25. The predicted molar refractivity (Wildman–Crippen MR) is 249 cm³/mol. The van der Waals surface area contributed by atoms with Crippen molar-refractivity contribution in [2.45, 2.75) is 0 Å². The van der Waals surface area contributed by atoms with E-state index in [1.54, 1.807) is 0 Å². The summed E-state index contributed by atoms with van der Waals surface area (Å²) < 4.78 is 0. The van der Waals surface area contributed by atoms with E-state index >= 15 is 0 Å². The maximum atomic E-state index is 2.34. The van der Waals surface area contributed by atoms with Crippen LogP contribution >= 0.6 is 0 Å². The predicted octanol–water partition coefficient (Wildman–Crippen LogP) is 15.5. The quantitative estimate of drug-likeness (QED) is 0.122. The number of rotatable bonds is 11. The van der Waals surface area contributed by atoms with Crippen LogP contribution in [0.2, 0.25) is 0 Å². The van der Waals surface area contributed by atoms with E-state index in [1.165, 1.54) is 33.0 Å². The largest absolute Gasteiger partial charge is 0.311 e. The molecular formula is C56H42N2. The third kappa shape index (κ3) is 7.86. The Labute approximate surface area is 341 Å². The first kappa shape index (κ1) is 36.0. The average molecular weight is 743 g/mol. The van der Waals surface area contributed by atoms with Crippen LogP contribution in [0.15, 0.2) is 237 Å². The van der Waals surface area contributed by atoms with Gasteiger partial charge in [0.25, 0.3) is 0 Å². The van der Waals surface area contributed by atoms with Crippen molar-refractivity contribution in [3.63, 3.8) is 0 Å². The Bertz CT molecular complexity index is 2700. The minimum absolute atomic E-state index is 1.11. The fourth-order valence-electron chi connectivity index (χ4n) is 7.65. The summed E-state index contributed by atoms with van der Waals surface area (Å²) in [6, 6.07) is 83.8. The van der Waals surface area contributed by atoms with Crippen molar-refractivity contribution in [1.29, 1.82) is 0 Å². The van der Waals surface area contributed by atoms with Crippen LogP contribution < -0.4 is 9.80 Å². The highest BCUT2D eigenvalue weighted by Gasteiger charge is 2.15. The van der Waals surface area contributed by atoms with Crippen LogP contribution in [0, 0.1) is 0 Å². The topological polar surface area (TPSA) is 6.48 Å². The van der Waals surface area contributed by atoms with Crippen molar-refractivity contribution in [2.24, 2.45) is 0 Å². The monoisotopic (exact) mass is 742 g/mol. The molecule has 0 amide bonds. The second-order valence-corrected chi connectivity index (χ2v) is 14.2. The molecule has 276 valence electrons. The summed E-state index contributed by atoms with van der Waals surface area (Å²) in [5.41, 5.74) is 13.7. The van der Waals surface area contributed by atoms with Gasteiger partial charge in [0.2, 0.25) is 0 Å². The molecule has 9 aromatic rings. The fraction of sp³-hybridized carbons (Fsp3) is 0. The molecule has 0 N–H and O–H groups in total. The molecule has 0 radical (unpaired) electrons. The van der Waals surface area contributed by atoms with Crippen LogP contribution in [-0.2, 0) is 0 Å². The van der Waals surface area contributed by atoms with Gasteiger partial charge in [0, 0.05) is 34.1 Å². The van der Waals surface area contributed by atoms with Gasteiger partial charge in [-0.25, -0.2) is 0 Å². The minimum atomic E-state index is 1.11. The van der Waals surface area contributed by atoms with Crippen LogP contribution in [0.4, 0.5) is 34.1 Å². The zero-order valence-corrected chi connectivity index (χ0v) is 32.1. The summed E-state index contributed by atoms with van der Waals surface area (Å²) in [7, 11) is 0. The molecule has 0 aromatic heterocycles. The lowest BCUT2D eigenvalue weighted by Crippen LogP contribution is -2.09. The molecule has 0 aliphatic heterocycles. The van der Waals surface area contributed by atoms with E-state index in [1.807, 2.05) is 0 Å². The van der Waals surface area contributed by atoms with E-state index < -0.39 is 0 Å². The van der Waals surface area contributed by atoms with E-state index in [4.69, 9.17) is 0 Å². The molecule has 0 bridgehead atoms. The number of anilines is 6. The lowest BCUT2D eigenvalue weighted by molar-refractivity contribution is 1.28. The minimum Gasteiger partial charge on any atom is -0.311 e. The molecule has 2 heteroatoms. The van der Waals surface area contributed by atoms with E-state index in [0.717, 1.165) is 45.3 Å². The third-order valence-electron chi connectivity index (χ3n) is 10.5. The Kier molecular flexibility index (Phi) is 10.5. The number of nitrogens with zero attached hydrogens (tertiary/aromatic N) is 2. The summed E-state index contributed by atoms with van der Waals surface area (Å²) in [5.74, 6) is 0. The van der Waals surface area contributed by atoms with Crippen molar-refractivity contribution in [2.75, 3.05) is 9.80 Å².